The maximum atomic E-state index is 6.26. The van der Waals surface area contributed by atoms with Crippen molar-refractivity contribution in [2.45, 2.75) is 59.0 Å². The fourth-order valence-electron chi connectivity index (χ4n) is 5.26. The first-order valence-corrected chi connectivity index (χ1v) is 14.3. The Kier molecular flexibility index (Phi) is 9.45. The molecule has 0 atom stereocenters. The van der Waals surface area contributed by atoms with Crippen LogP contribution in [0, 0.1) is 0 Å². The molecule has 0 aliphatic carbocycles. The van der Waals surface area contributed by atoms with E-state index in [2.05, 4.69) is 85.0 Å². The van der Waals surface area contributed by atoms with E-state index in [4.69, 9.17) is 20.4 Å². The van der Waals surface area contributed by atoms with E-state index in [0.29, 0.717) is 17.4 Å². The summed E-state index contributed by atoms with van der Waals surface area (Å²) in [6, 6.07) is 7.24. The van der Waals surface area contributed by atoms with Gasteiger partial charge in [0.05, 0.1) is 18.5 Å². The van der Waals surface area contributed by atoms with Gasteiger partial charge in [-0.3, -0.25) is 0 Å². The van der Waals surface area contributed by atoms with E-state index < -0.39 is 0 Å². The molecule has 4 rings (SSSR count). The number of aryl methyl sites for hydroxylation is 1. The third kappa shape index (κ3) is 6.53. The number of nitrogens with zero attached hydrogens (tertiary/aromatic N) is 6. The molecule has 0 saturated carbocycles. The number of rotatable bonds is 11. The molecule has 9 heteroatoms. The van der Waals surface area contributed by atoms with Crippen LogP contribution < -0.4 is 20.7 Å². The van der Waals surface area contributed by atoms with E-state index in [-0.39, 0.29) is 6.04 Å². The second-order valence-corrected chi connectivity index (χ2v) is 10.9. The number of hydrogen-bond donors (Lipinski definition) is 2. The lowest BCUT2D eigenvalue weighted by atomic mass is 10.0. The van der Waals surface area contributed by atoms with Crippen molar-refractivity contribution in [1.29, 1.82) is 0 Å². The van der Waals surface area contributed by atoms with Crippen molar-refractivity contribution in [2.75, 3.05) is 69.9 Å². The van der Waals surface area contributed by atoms with E-state index in [1.807, 2.05) is 0 Å². The monoisotopic (exact) mass is 534 g/mol. The molecule has 0 bridgehead atoms. The smallest absolute Gasteiger partial charge is 0.151 e. The number of methoxy groups -OCH3 is 1. The highest BCUT2D eigenvalue weighted by atomic mass is 16.5. The summed E-state index contributed by atoms with van der Waals surface area (Å²) in [7, 11) is 6.19. The molecule has 3 aromatic rings. The second-order valence-electron chi connectivity index (χ2n) is 10.9. The third-order valence-electron chi connectivity index (χ3n) is 7.85. The van der Waals surface area contributed by atoms with Gasteiger partial charge in [-0.25, -0.2) is 15.0 Å². The number of likely N-dealkylation sites (N-methyl/N-ethyl adjacent to an activating group) is 2. The molecule has 0 radical (unpaired) electrons. The predicted octanol–water partition coefficient (Wildman–Crippen LogP) is 4.52. The van der Waals surface area contributed by atoms with Crippen molar-refractivity contribution in [1.82, 2.24) is 24.8 Å². The quantitative estimate of drug-likeness (QED) is 0.368. The molecule has 9 nitrogen and oxygen atoms in total. The van der Waals surface area contributed by atoms with Crippen molar-refractivity contribution >= 4 is 28.4 Å². The molecule has 0 spiro atoms. The van der Waals surface area contributed by atoms with Gasteiger partial charge in [0.15, 0.2) is 5.82 Å². The highest BCUT2D eigenvalue weighted by Crippen LogP contribution is 2.37. The van der Waals surface area contributed by atoms with Crippen LogP contribution in [0.1, 0.15) is 46.2 Å². The highest BCUT2D eigenvalue weighted by molar-refractivity contribution is 5.97. The molecule has 1 aliphatic rings. The number of piperidine rings is 1. The molecule has 2 aromatic heterocycles. The summed E-state index contributed by atoms with van der Waals surface area (Å²) in [5.41, 5.74) is 11.5. The van der Waals surface area contributed by atoms with Gasteiger partial charge in [-0.05, 0) is 71.4 Å². The van der Waals surface area contributed by atoms with E-state index in [1.165, 1.54) is 0 Å². The lowest BCUT2D eigenvalue weighted by molar-refractivity contribution is 0.184. The van der Waals surface area contributed by atoms with Crippen molar-refractivity contribution in [2.24, 2.45) is 0 Å². The molecule has 0 unspecified atom stereocenters. The standard InChI is InChI=1S/C30H46N8O/c1-8-24-30(33-20(3)4)35-27-23(19-32-29(31)28(27)34-24)21-10-11-25(26(18-21)39-7)38-14-12-22(13-15-38)37(6)17-16-36(5)9-2/h10-11,18-20,22H,8-9,12-17H2,1-7H3,(H2,31,32)(H,33,35). The van der Waals surface area contributed by atoms with E-state index in [0.717, 1.165) is 91.6 Å². The fourth-order valence-corrected chi connectivity index (χ4v) is 5.26. The Bertz CT molecular complexity index is 1260. The molecule has 1 aliphatic heterocycles. The molecule has 1 aromatic carbocycles. The van der Waals surface area contributed by atoms with Gasteiger partial charge >= 0.3 is 0 Å². The number of nitrogen functional groups attached to an aromatic ring is 1. The maximum Gasteiger partial charge on any atom is 0.151 e. The third-order valence-corrected chi connectivity index (χ3v) is 7.85. The van der Waals surface area contributed by atoms with Crippen LogP contribution >= 0.6 is 0 Å². The molecular formula is C30H46N8O. The van der Waals surface area contributed by atoms with Gasteiger partial charge < -0.3 is 30.5 Å². The zero-order valence-corrected chi connectivity index (χ0v) is 24.8. The first-order valence-electron chi connectivity index (χ1n) is 14.3. The minimum atomic E-state index is 0.241. The van der Waals surface area contributed by atoms with Crippen LogP contribution in [-0.2, 0) is 6.42 Å². The molecule has 212 valence electrons. The number of pyridine rings is 1. The van der Waals surface area contributed by atoms with E-state index >= 15 is 0 Å². The van der Waals surface area contributed by atoms with Crippen molar-refractivity contribution in [3.63, 3.8) is 0 Å². The van der Waals surface area contributed by atoms with Gasteiger partial charge in [0.2, 0.25) is 0 Å². The Morgan fingerprint density at radius 1 is 1.10 bits per heavy atom. The summed E-state index contributed by atoms with van der Waals surface area (Å²) in [5, 5.41) is 3.44. The highest BCUT2D eigenvalue weighted by Gasteiger charge is 2.25. The van der Waals surface area contributed by atoms with Gasteiger partial charge in [0.25, 0.3) is 0 Å². The van der Waals surface area contributed by atoms with Crippen LogP contribution in [0.5, 0.6) is 5.75 Å². The van der Waals surface area contributed by atoms with Crippen LogP contribution in [0.4, 0.5) is 17.3 Å². The Labute approximate surface area is 233 Å². The second kappa shape index (κ2) is 12.8. The Morgan fingerprint density at radius 3 is 2.49 bits per heavy atom. The van der Waals surface area contributed by atoms with Crippen LogP contribution in [-0.4, -0.2) is 90.8 Å². The zero-order chi connectivity index (χ0) is 28.1. The number of benzene rings is 1. The zero-order valence-electron chi connectivity index (χ0n) is 24.8. The van der Waals surface area contributed by atoms with Gasteiger partial charge in [-0.15, -0.1) is 0 Å². The average Bonchev–Trinajstić information content (AvgIpc) is 2.95. The van der Waals surface area contributed by atoms with Gasteiger partial charge in [0, 0.05) is 50.0 Å². The molecular weight excluding hydrogens is 488 g/mol. The molecule has 3 heterocycles. The SMILES string of the molecule is CCc1nc2c(N)ncc(-c3ccc(N4CCC(N(C)CCN(C)CC)CC4)c(OC)c3)c2nc1NC(C)C. The predicted molar refractivity (Wildman–Crippen MR) is 163 cm³/mol. The summed E-state index contributed by atoms with van der Waals surface area (Å²) in [6.07, 6.45) is 4.84. The Balaban J connectivity index is 1.58. The summed E-state index contributed by atoms with van der Waals surface area (Å²) >= 11 is 0. The van der Waals surface area contributed by atoms with Crippen LogP contribution in [0.3, 0.4) is 0 Å². The number of nitrogens with two attached hydrogens (primary N) is 1. The molecule has 1 saturated heterocycles. The number of aromatic nitrogens is 3. The largest absolute Gasteiger partial charge is 0.495 e. The first kappa shape index (κ1) is 28.8. The Hall–Kier alpha value is -3.17. The van der Waals surface area contributed by atoms with Crippen LogP contribution in [0.15, 0.2) is 24.4 Å². The molecule has 3 N–H and O–H groups in total. The van der Waals surface area contributed by atoms with Gasteiger partial charge in [0.1, 0.15) is 22.6 Å². The molecule has 1 fully saturated rings. The number of fused-ring (bicyclic) bond motifs is 1. The van der Waals surface area contributed by atoms with Crippen LogP contribution in [0.2, 0.25) is 0 Å². The van der Waals surface area contributed by atoms with Crippen LogP contribution in [0.25, 0.3) is 22.2 Å². The number of nitrogens with one attached hydrogen (secondary N) is 1. The van der Waals surface area contributed by atoms with Gasteiger partial charge in [-0.2, -0.15) is 0 Å². The minimum absolute atomic E-state index is 0.241. The summed E-state index contributed by atoms with van der Waals surface area (Å²) < 4.78 is 5.91. The lowest BCUT2D eigenvalue weighted by Crippen LogP contribution is -2.45. The minimum Gasteiger partial charge on any atom is -0.495 e. The number of anilines is 3. The summed E-state index contributed by atoms with van der Waals surface area (Å²) in [4.78, 5) is 21.7. The summed E-state index contributed by atoms with van der Waals surface area (Å²) in [6.45, 7) is 13.8. The van der Waals surface area contributed by atoms with E-state index in [9.17, 15) is 0 Å². The fraction of sp³-hybridized carbons (Fsp3) is 0.567. The topological polar surface area (TPSA) is 95.7 Å². The Morgan fingerprint density at radius 2 is 1.85 bits per heavy atom. The van der Waals surface area contributed by atoms with Gasteiger partial charge in [-0.1, -0.05) is 19.9 Å². The summed E-state index contributed by atoms with van der Waals surface area (Å²) in [5.74, 6) is 2.04. The molecule has 0 amide bonds. The van der Waals surface area contributed by atoms with E-state index in [1.54, 1.807) is 13.3 Å². The maximum absolute atomic E-state index is 6.26. The number of ether oxygens (including phenoxy) is 1. The average molecular weight is 535 g/mol. The van der Waals surface area contributed by atoms with Crippen molar-refractivity contribution in [3.8, 4) is 16.9 Å². The lowest BCUT2D eigenvalue weighted by Gasteiger charge is -2.38. The molecule has 39 heavy (non-hydrogen) atoms. The number of hydrogen-bond acceptors (Lipinski definition) is 9. The van der Waals surface area contributed by atoms with Crippen molar-refractivity contribution in [3.05, 3.63) is 30.1 Å². The van der Waals surface area contributed by atoms with Crippen molar-refractivity contribution < 1.29 is 4.74 Å². The normalized spacial score (nSPS) is 14.7. The first-order chi connectivity index (χ1) is 18.7.